The quantitative estimate of drug-likeness (QED) is 0.907. The number of amides is 1. The van der Waals surface area contributed by atoms with Crippen LogP contribution in [0.2, 0.25) is 0 Å². The fraction of sp³-hybridized carbons (Fsp3) is 0.462. The van der Waals surface area contributed by atoms with Gasteiger partial charge in [0.05, 0.1) is 19.3 Å². The van der Waals surface area contributed by atoms with Crippen LogP contribution in [-0.2, 0) is 9.53 Å². The Balaban J connectivity index is 1.94. The van der Waals surface area contributed by atoms with E-state index in [1.165, 1.54) is 6.07 Å². The number of halogens is 2. The number of nitrogens with one attached hydrogen (secondary N) is 1. The number of carbonyl (C=O) groups excluding carboxylic acids is 1. The highest BCUT2D eigenvalue weighted by Gasteiger charge is 2.20. The maximum absolute atomic E-state index is 13.4. The van der Waals surface area contributed by atoms with E-state index in [0.717, 1.165) is 12.1 Å². The molecule has 6 heteroatoms. The SMILES string of the molecule is CC1CN(CC(=O)Nc2c(F)cccc2F)CCO1. The van der Waals surface area contributed by atoms with Gasteiger partial charge < -0.3 is 10.1 Å². The van der Waals surface area contributed by atoms with Crippen molar-refractivity contribution in [2.75, 3.05) is 31.6 Å². The van der Waals surface area contributed by atoms with E-state index in [4.69, 9.17) is 4.74 Å². The fourth-order valence-electron chi connectivity index (χ4n) is 2.03. The van der Waals surface area contributed by atoms with Crippen LogP contribution in [0.4, 0.5) is 14.5 Å². The molecule has 19 heavy (non-hydrogen) atoms. The van der Waals surface area contributed by atoms with E-state index in [0.29, 0.717) is 19.7 Å². The van der Waals surface area contributed by atoms with Crippen LogP contribution < -0.4 is 5.32 Å². The van der Waals surface area contributed by atoms with Crippen LogP contribution in [0.3, 0.4) is 0 Å². The van der Waals surface area contributed by atoms with Crippen LogP contribution in [0.5, 0.6) is 0 Å². The van der Waals surface area contributed by atoms with Gasteiger partial charge in [-0.3, -0.25) is 9.69 Å². The van der Waals surface area contributed by atoms with Crippen molar-refractivity contribution in [3.05, 3.63) is 29.8 Å². The number of hydrogen-bond acceptors (Lipinski definition) is 3. The molecular formula is C13H16F2N2O2. The molecule has 104 valence electrons. The lowest BCUT2D eigenvalue weighted by molar-refractivity contribution is -0.119. The molecular weight excluding hydrogens is 254 g/mol. The van der Waals surface area contributed by atoms with Crippen molar-refractivity contribution in [2.24, 2.45) is 0 Å². The lowest BCUT2D eigenvalue weighted by Gasteiger charge is -2.30. The average Bonchev–Trinajstić information content (AvgIpc) is 2.34. The summed E-state index contributed by atoms with van der Waals surface area (Å²) in [6, 6.07) is 3.47. The lowest BCUT2D eigenvalue weighted by atomic mass is 10.2. The summed E-state index contributed by atoms with van der Waals surface area (Å²) in [5.74, 6) is -1.98. The molecule has 0 aromatic heterocycles. The number of anilines is 1. The molecule has 0 radical (unpaired) electrons. The second-order valence-electron chi connectivity index (χ2n) is 4.56. The molecule has 0 aliphatic carbocycles. The normalized spacial score (nSPS) is 20.3. The Morgan fingerprint density at radius 2 is 2.16 bits per heavy atom. The van der Waals surface area contributed by atoms with Gasteiger partial charge in [-0.25, -0.2) is 8.78 Å². The molecule has 1 amide bonds. The number of hydrogen-bond donors (Lipinski definition) is 1. The number of rotatable bonds is 3. The summed E-state index contributed by atoms with van der Waals surface area (Å²) in [6.45, 7) is 3.84. The van der Waals surface area contributed by atoms with Crippen LogP contribution in [-0.4, -0.2) is 43.2 Å². The number of benzene rings is 1. The van der Waals surface area contributed by atoms with Gasteiger partial charge in [0.15, 0.2) is 0 Å². The van der Waals surface area contributed by atoms with Gasteiger partial charge >= 0.3 is 0 Å². The van der Waals surface area contributed by atoms with Gasteiger partial charge in [0.25, 0.3) is 0 Å². The lowest BCUT2D eigenvalue weighted by Crippen LogP contribution is -2.44. The van der Waals surface area contributed by atoms with E-state index in [1.54, 1.807) is 0 Å². The Morgan fingerprint density at radius 3 is 2.79 bits per heavy atom. The summed E-state index contributed by atoms with van der Waals surface area (Å²) < 4.78 is 32.1. The van der Waals surface area contributed by atoms with Crippen LogP contribution >= 0.6 is 0 Å². The zero-order valence-corrected chi connectivity index (χ0v) is 10.7. The molecule has 0 bridgehead atoms. The van der Waals surface area contributed by atoms with Crippen molar-refractivity contribution in [3.63, 3.8) is 0 Å². The molecule has 1 aliphatic rings. The first-order valence-corrected chi connectivity index (χ1v) is 6.14. The van der Waals surface area contributed by atoms with Crippen molar-refractivity contribution in [1.29, 1.82) is 0 Å². The van der Waals surface area contributed by atoms with Crippen molar-refractivity contribution < 1.29 is 18.3 Å². The average molecular weight is 270 g/mol. The summed E-state index contributed by atoms with van der Waals surface area (Å²) in [6.07, 6.45) is 0.0618. The summed E-state index contributed by atoms with van der Waals surface area (Å²) in [7, 11) is 0. The molecule has 1 saturated heterocycles. The minimum Gasteiger partial charge on any atom is -0.376 e. The van der Waals surface area contributed by atoms with E-state index >= 15 is 0 Å². The van der Waals surface area contributed by atoms with E-state index < -0.39 is 23.2 Å². The second-order valence-corrected chi connectivity index (χ2v) is 4.56. The van der Waals surface area contributed by atoms with Crippen molar-refractivity contribution >= 4 is 11.6 Å². The van der Waals surface area contributed by atoms with Crippen LogP contribution in [0.1, 0.15) is 6.92 Å². The Labute approximate surface area is 110 Å². The molecule has 4 nitrogen and oxygen atoms in total. The summed E-state index contributed by atoms with van der Waals surface area (Å²) in [4.78, 5) is 13.7. The van der Waals surface area contributed by atoms with Crippen molar-refractivity contribution in [1.82, 2.24) is 4.90 Å². The second kappa shape index (κ2) is 6.08. The number of carbonyl (C=O) groups is 1. The summed E-state index contributed by atoms with van der Waals surface area (Å²) >= 11 is 0. The minimum atomic E-state index is -0.774. The standard InChI is InChI=1S/C13H16F2N2O2/c1-9-7-17(5-6-19-9)8-12(18)16-13-10(14)3-2-4-11(13)15/h2-4,9H,5-8H2,1H3,(H,16,18). The van der Waals surface area contributed by atoms with Gasteiger partial charge in [0.2, 0.25) is 5.91 Å². The van der Waals surface area contributed by atoms with Crippen LogP contribution in [0.15, 0.2) is 18.2 Å². The molecule has 1 N–H and O–H groups in total. The minimum absolute atomic E-state index is 0.0618. The first-order chi connectivity index (χ1) is 9.06. The first kappa shape index (κ1) is 13.9. The zero-order chi connectivity index (χ0) is 13.8. The highest BCUT2D eigenvalue weighted by Crippen LogP contribution is 2.17. The predicted molar refractivity (Wildman–Crippen MR) is 66.8 cm³/mol. The molecule has 1 aliphatic heterocycles. The predicted octanol–water partition coefficient (Wildman–Crippen LogP) is 1.62. The Hall–Kier alpha value is -1.53. The van der Waals surface area contributed by atoms with Crippen molar-refractivity contribution in [2.45, 2.75) is 13.0 Å². The smallest absolute Gasteiger partial charge is 0.238 e. The molecule has 0 saturated carbocycles. The maximum Gasteiger partial charge on any atom is 0.238 e. The highest BCUT2D eigenvalue weighted by atomic mass is 19.1. The highest BCUT2D eigenvalue weighted by molar-refractivity contribution is 5.92. The van der Waals surface area contributed by atoms with E-state index in [9.17, 15) is 13.6 Å². The third-order valence-corrected chi connectivity index (χ3v) is 2.92. The van der Waals surface area contributed by atoms with Gasteiger partial charge in [-0.05, 0) is 19.1 Å². The van der Waals surface area contributed by atoms with Gasteiger partial charge in [0.1, 0.15) is 17.3 Å². The first-order valence-electron chi connectivity index (χ1n) is 6.14. The molecule has 1 heterocycles. The number of nitrogens with zero attached hydrogens (tertiary/aromatic N) is 1. The van der Waals surface area contributed by atoms with Gasteiger partial charge in [-0.1, -0.05) is 6.07 Å². The van der Waals surface area contributed by atoms with Crippen LogP contribution in [0, 0.1) is 11.6 Å². The molecule has 1 aromatic carbocycles. The van der Waals surface area contributed by atoms with E-state index in [1.807, 2.05) is 11.8 Å². The van der Waals surface area contributed by atoms with E-state index in [2.05, 4.69) is 5.32 Å². The Kier molecular flexibility index (Phi) is 4.44. The third kappa shape index (κ3) is 3.71. The van der Waals surface area contributed by atoms with Gasteiger partial charge in [-0.15, -0.1) is 0 Å². The topological polar surface area (TPSA) is 41.6 Å². The zero-order valence-electron chi connectivity index (χ0n) is 10.7. The number of ether oxygens (including phenoxy) is 1. The number of para-hydroxylation sites is 1. The Bertz CT molecular complexity index is 448. The van der Waals surface area contributed by atoms with Crippen LogP contribution in [0.25, 0.3) is 0 Å². The molecule has 1 aromatic rings. The molecule has 2 rings (SSSR count). The third-order valence-electron chi connectivity index (χ3n) is 2.92. The Morgan fingerprint density at radius 1 is 1.47 bits per heavy atom. The number of morpholine rings is 1. The maximum atomic E-state index is 13.4. The summed E-state index contributed by atoms with van der Waals surface area (Å²) in [5, 5.41) is 2.27. The summed E-state index contributed by atoms with van der Waals surface area (Å²) in [5.41, 5.74) is -0.395. The molecule has 1 atom stereocenters. The molecule has 1 fully saturated rings. The van der Waals surface area contributed by atoms with Crippen molar-refractivity contribution in [3.8, 4) is 0 Å². The van der Waals surface area contributed by atoms with Gasteiger partial charge in [-0.2, -0.15) is 0 Å². The monoisotopic (exact) mass is 270 g/mol. The molecule has 0 spiro atoms. The largest absolute Gasteiger partial charge is 0.376 e. The van der Waals surface area contributed by atoms with E-state index in [-0.39, 0.29) is 12.6 Å². The van der Waals surface area contributed by atoms with Gasteiger partial charge in [0, 0.05) is 13.1 Å². The molecule has 1 unspecified atom stereocenters. The fourth-order valence-corrected chi connectivity index (χ4v) is 2.03.